The van der Waals surface area contributed by atoms with E-state index in [1.165, 1.54) is 32.6 Å². The summed E-state index contributed by atoms with van der Waals surface area (Å²) in [5, 5.41) is 78.4. The van der Waals surface area contributed by atoms with E-state index < -0.39 is 305 Å². The van der Waals surface area contributed by atoms with Crippen LogP contribution in [-0.4, -0.2) is 353 Å². The fourth-order valence-electron chi connectivity index (χ4n) is 13.1. The second-order valence-electron chi connectivity index (χ2n) is 30.4. The van der Waals surface area contributed by atoms with Gasteiger partial charge in [0.25, 0.3) is 6.29 Å². The Morgan fingerprint density at radius 1 is 0.409 bits per heavy atom. The molecule has 0 bridgehead atoms. The van der Waals surface area contributed by atoms with Gasteiger partial charge in [-0.3, -0.25) is 91.1 Å². The van der Waals surface area contributed by atoms with Gasteiger partial charge in [-0.25, -0.2) is 0 Å². The molecule has 0 aromatic heterocycles. The third-order valence-corrected chi connectivity index (χ3v) is 19.0. The predicted molar refractivity (Wildman–Crippen MR) is 420 cm³/mol. The molecule has 26 atom stereocenters. The fourth-order valence-corrected chi connectivity index (χ4v) is 13.1. The molecule has 0 aromatic carbocycles. The Hall–Kier alpha value is -10.4. The molecule has 3 rings (SSSR count). The number of Topliss-reactive ketones (excluding diaryl/α,β-unsaturated/α-hetero) is 1. The molecule has 3 aliphatic heterocycles. The summed E-state index contributed by atoms with van der Waals surface area (Å²) in [6.07, 6.45) is -31.9. The lowest BCUT2D eigenvalue weighted by Gasteiger charge is -2.49. The number of hydrogen-bond acceptors (Lipinski definition) is 41. The number of hydrogen-bond donors (Lipinski definition) is 13. The van der Waals surface area contributed by atoms with Crippen molar-refractivity contribution in [3.63, 3.8) is 0 Å². The summed E-state index contributed by atoms with van der Waals surface area (Å²) in [6.45, 7) is 14.5. The SMILES string of the molecule is CC(=O)OCC(C)OC(OC1C(COC(C)=O)OC(OC2C(COC(C)=O)OC(OCCCCCCC(C)C(=O)NC(C(=O)NC(C(=O)NC(CO)C(=O)NC(C(=O)NC(C(=O)NC(CO)C(=O)NC(C)C(=O)N3CCCC3C(C)=O)C(C)O)C(C)O)C(C)O)C(C)O)C(OC(C)=O)C2OC(C)=O)C(OC(C)=O)C1OC(C)=O)C(OC(C)=O)C(OC(C)=O)OC(C)=O. The third-order valence-electron chi connectivity index (χ3n) is 19.0. The number of carbonyl (C=O) groups is 19. The van der Waals surface area contributed by atoms with Crippen molar-refractivity contribution in [1.29, 1.82) is 0 Å². The van der Waals surface area contributed by atoms with Gasteiger partial charge in [0, 0.05) is 88.3 Å². The van der Waals surface area contributed by atoms with Crippen LogP contribution in [0.15, 0.2) is 0 Å². The second-order valence-corrected chi connectivity index (χ2v) is 30.4. The van der Waals surface area contributed by atoms with E-state index in [0.717, 1.165) is 96.9 Å². The first kappa shape index (κ1) is 111. The van der Waals surface area contributed by atoms with Crippen LogP contribution in [0.5, 0.6) is 0 Å². The lowest BCUT2D eigenvalue weighted by molar-refractivity contribution is -0.375. The monoisotopic (exact) mass is 1830 g/mol. The maximum Gasteiger partial charge on any atom is 0.305 e. The first-order valence-corrected chi connectivity index (χ1v) is 40.7. The van der Waals surface area contributed by atoms with Crippen LogP contribution in [0.3, 0.4) is 0 Å². The van der Waals surface area contributed by atoms with E-state index in [1.807, 2.05) is 0 Å². The average molecular weight is 1830 g/mol. The van der Waals surface area contributed by atoms with Crippen molar-refractivity contribution in [2.75, 3.05) is 46.2 Å². The van der Waals surface area contributed by atoms with Crippen molar-refractivity contribution in [3.8, 4) is 0 Å². The van der Waals surface area contributed by atoms with Gasteiger partial charge in [0.1, 0.15) is 86.5 Å². The maximum absolute atomic E-state index is 13.8. The summed E-state index contributed by atoms with van der Waals surface area (Å²) in [5.74, 6) is -20.7. The van der Waals surface area contributed by atoms with E-state index in [9.17, 15) is 122 Å². The molecule has 720 valence electrons. The molecule has 49 heteroatoms. The highest BCUT2D eigenvalue weighted by Crippen LogP contribution is 2.37. The lowest BCUT2D eigenvalue weighted by atomic mass is 9.95. The van der Waals surface area contributed by atoms with Crippen LogP contribution in [0.4, 0.5) is 0 Å². The number of esters is 10. The summed E-state index contributed by atoms with van der Waals surface area (Å²) < 4.78 is 92.7. The number of rotatable bonds is 51. The van der Waals surface area contributed by atoms with Crippen molar-refractivity contribution in [3.05, 3.63) is 0 Å². The minimum Gasteiger partial charge on any atom is -0.463 e. The molecule has 0 aromatic rings. The van der Waals surface area contributed by atoms with E-state index in [0.29, 0.717) is 32.1 Å². The Bertz CT molecular complexity index is 3760. The highest BCUT2D eigenvalue weighted by atomic mass is 16.8. The first-order chi connectivity index (χ1) is 59.3. The van der Waals surface area contributed by atoms with Crippen molar-refractivity contribution in [1.82, 2.24) is 42.1 Å². The van der Waals surface area contributed by atoms with E-state index in [-0.39, 0.29) is 31.8 Å². The van der Waals surface area contributed by atoms with Gasteiger partial charge in [-0.15, -0.1) is 0 Å². The van der Waals surface area contributed by atoms with E-state index in [2.05, 4.69) is 37.2 Å². The van der Waals surface area contributed by atoms with Gasteiger partial charge in [-0.05, 0) is 74.1 Å². The molecule has 0 radical (unpaired) electrons. The Kier molecular flexibility index (Phi) is 47.2. The smallest absolute Gasteiger partial charge is 0.305 e. The first-order valence-electron chi connectivity index (χ1n) is 40.7. The van der Waals surface area contributed by atoms with Crippen LogP contribution in [0.1, 0.15) is 170 Å². The number of unbranched alkanes of at least 4 members (excludes halogenated alkanes) is 3. The van der Waals surface area contributed by atoms with Crippen molar-refractivity contribution in [2.45, 2.75) is 329 Å². The number of aliphatic hydroxyl groups is 6. The molecule has 0 spiro atoms. The highest BCUT2D eigenvalue weighted by Gasteiger charge is 2.59. The van der Waals surface area contributed by atoms with Crippen molar-refractivity contribution in [2.24, 2.45) is 5.92 Å². The summed E-state index contributed by atoms with van der Waals surface area (Å²) >= 11 is 0. The number of carbonyl (C=O) groups excluding carboxylic acids is 19. The fraction of sp³-hybridized carbons (Fsp3) is 0.756. The molecule has 26 unspecified atom stereocenters. The quantitative estimate of drug-likeness (QED) is 0.0117. The molecule has 0 aliphatic carbocycles. The molecule has 3 saturated heterocycles. The van der Waals surface area contributed by atoms with Crippen LogP contribution in [0, 0.1) is 5.92 Å². The van der Waals surface area contributed by atoms with Crippen LogP contribution in [0.2, 0.25) is 0 Å². The molecule has 3 heterocycles. The van der Waals surface area contributed by atoms with Crippen LogP contribution in [-0.2, 0) is 167 Å². The van der Waals surface area contributed by atoms with Gasteiger partial charge in [-0.1, -0.05) is 26.2 Å². The van der Waals surface area contributed by atoms with Crippen LogP contribution in [0.25, 0.3) is 0 Å². The summed E-state index contributed by atoms with van der Waals surface area (Å²) in [5.41, 5.74) is 0. The van der Waals surface area contributed by atoms with Gasteiger partial charge in [0.2, 0.25) is 59.7 Å². The summed E-state index contributed by atoms with van der Waals surface area (Å²) in [6, 6.07) is -13.6. The molecule has 127 heavy (non-hydrogen) atoms. The number of ether oxygens (including phenoxy) is 16. The highest BCUT2D eigenvalue weighted by molar-refractivity contribution is 5.99. The minimum absolute atomic E-state index is 0.144. The third kappa shape index (κ3) is 37.1. The molecule has 3 fully saturated rings. The molecular formula is C78H122N8O41. The molecule has 8 amide bonds. The van der Waals surface area contributed by atoms with E-state index in [4.69, 9.17) is 75.8 Å². The summed E-state index contributed by atoms with van der Waals surface area (Å²) in [7, 11) is 0. The van der Waals surface area contributed by atoms with Gasteiger partial charge in [0.05, 0.1) is 49.8 Å². The van der Waals surface area contributed by atoms with Gasteiger partial charge >= 0.3 is 59.7 Å². The topological polar surface area (TPSA) is 681 Å². The Labute approximate surface area is 730 Å². The molecular weight excluding hydrogens is 1700 g/mol. The van der Waals surface area contributed by atoms with Crippen LogP contribution >= 0.6 is 0 Å². The van der Waals surface area contributed by atoms with Gasteiger partial charge < -0.3 is 149 Å². The molecule has 49 nitrogen and oxygen atoms in total. The van der Waals surface area contributed by atoms with Crippen LogP contribution < -0.4 is 37.2 Å². The number of nitrogens with one attached hydrogen (secondary N) is 7. The zero-order chi connectivity index (χ0) is 96.3. The average Bonchev–Trinajstić information content (AvgIpc) is 0.794. The Morgan fingerprint density at radius 3 is 1.23 bits per heavy atom. The number of aliphatic hydroxyl groups excluding tert-OH is 6. The maximum atomic E-state index is 13.8. The van der Waals surface area contributed by atoms with Gasteiger partial charge in [0.15, 0.2) is 42.8 Å². The van der Waals surface area contributed by atoms with E-state index in [1.54, 1.807) is 0 Å². The second kappa shape index (κ2) is 54.1. The van der Waals surface area contributed by atoms with Gasteiger partial charge in [-0.2, -0.15) is 0 Å². The largest absolute Gasteiger partial charge is 0.463 e. The number of likely N-dealkylation sites (tertiary alicyclic amines) is 1. The van der Waals surface area contributed by atoms with E-state index >= 15 is 0 Å². The standard InChI is InChI=1S/C78H122N8O41/c1-33(67(104)82-58(39(7)92)72(109)84-57(38(6)91)71(108)81-52(29-88)69(106)83-59(40(8)93)73(110)85-56(37(5)90)70(107)80-51(28-87)68(105)79-35(3)74(111)86-26-23-25-53(86)36(4)89)24-21-19-20-22-27-112-75-64(119-46(14)99)62(117-44(12)97)60(54(124-75)31-114-42(10)95)126-76-65(120-47(15)100)63(118-45(13)98)61(55(125-76)32-115-43(11)96)127-77(116-34(2)30-113-41(9)94)66(121-48(16)101)78(122-49(17)102)123-50(18)103/h33-35,37-40,51-66,75-78,87-88,90-93H,19-32H2,1-18H3,(H,79,105)(H,80,107)(H,81,108)(H,82,104)(H,83,106)(H,84,109)(H,85,110). The molecule has 13 N–H and O–H groups in total. The lowest BCUT2D eigenvalue weighted by Crippen LogP contribution is -2.67. The predicted octanol–water partition coefficient (Wildman–Crippen LogP) is -6.16. The zero-order valence-corrected chi connectivity index (χ0v) is 73.9. The minimum atomic E-state index is -2.22. The normalized spacial score (nSPS) is 23.2. The number of ketones is 1. The number of amides is 8. The van der Waals surface area contributed by atoms with Crippen molar-refractivity contribution < 1.29 is 198 Å². The Balaban J connectivity index is 1.83. The molecule has 0 saturated carbocycles. The number of nitrogens with zero attached hydrogens (tertiary/aromatic N) is 1. The Morgan fingerprint density at radius 2 is 0.803 bits per heavy atom. The zero-order valence-electron chi connectivity index (χ0n) is 73.9. The summed E-state index contributed by atoms with van der Waals surface area (Å²) in [4.78, 5) is 250. The van der Waals surface area contributed by atoms with Crippen molar-refractivity contribution >= 4 is 113 Å². The molecule has 3 aliphatic rings.